The van der Waals surface area contributed by atoms with Gasteiger partial charge in [-0.15, -0.1) is 11.3 Å². The number of carbonyl (C=O) groups excluding carboxylic acids is 4. The lowest BCUT2D eigenvalue weighted by atomic mass is 10.2. The number of nitrogens with one attached hydrogen (secondary N) is 3. The highest BCUT2D eigenvalue weighted by Crippen LogP contribution is 2.37. The van der Waals surface area contributed by atoms with E-state index in [0.717, 1.165) is 21.7 Å². The zero-order chi connectivity index (χ0) is 38.1. The largest absolute Gasteiger partial charge is 0.467 e. The quantitative estimate of drug-likeness (QED) is 0.116. The maximum absolute atomic E-state index is 13.4. The molecule has 0 saturated carbocycles. The molecule has 0 spiro atoms. The second-order valence-electron chi connectivity index (χ2n) is 13.7. The summed E-state index contributed by atoms with van der Waals surface area (Å²) < 4.78 is 17.0. The van der Waals surface area contributed by atoms with Gasteiger partial charge >= 0.3 is 12.1 Å². The van der Waals surface area contributed by atoms with Crippen LogP contribution in [-0.2, 0) is 23.5 Å². The molecule has 0 saturated heterocycles. The molecule has 0 bridgehead atoms. The lowest BCUT2D eigenvalue weighted by Gasteiger charge is -2.43. The number of nitrogens with zero attached hydrogens (tertiary/aromatic N) is 3. The average molecular weight is 749 g/mol. The molecule has 2 atom stereocenters. The Kier molecular flexibility index (Phi) is 13.0. The summed E-state index contributed by atoms with van der Waals surface area (Å²) in [5.74, 6) is -2.30. The fraction of sp³-hybridized carbons (Fsp3) is 0.361. The molecule has 0 radical (unpaired) electrons. The first kappa shape index (κ1) is 39.7. The van der Waals surface area contributed by atoms with Gasteiger partial charge in [-0.25, -0.2) is 24.5 Å². The molecule has 0 aliphatic rings. The van der Waals surface area contributed by atoms with Crippen molar-refractivity contribution in [1.82, 2.24) is 25.6 Å². The van der Waals surface area contributed by atoms with Crippen LogP contribution in [-0.4, -0.2) is 90.3 Å². The summed E-state index contributed by atoms with van der Waals surface area (Å²) in [4.78, 5) is 64.1. The molecule has 4 N–H and O–H groups in total. The van der Waals surface area contributed by atoms with Crippen molar-refractivity contribution < 1.29 is 38.2 Å². The molecule has 276 valence electrons. The van der Waals surface area contributed by atoms with Crippen LogP contribution in [0.25, 0.3) is 10.6 Å². The smallest absolute Gasteiger partial charge is 0.414 e. The first-order valence-corrected chi connectivity index (χ1v) is 19.2. The number of thiazole rings is 1. The van der Waals surface area contributed by atoms with E-state index in [1.54, 1.807) is 20.8 Å². The fourth-order valence-corrected chi connectivity index (χ4v) is 10.7. The molecule has 52 heavy (non-hydrogen) atoms. The molecule has 2 aromatic heterocycles. The minimum absolute atomic E-state index is 0.0200. The van der Waals surface area contributed by atoms with Crippen LogP contribution in [0.4, 0.5) is 10.7 Å². The minimum Gasteiger partial charge on any atom is -0.467 e. The summed E-state index contributed by atoms with van der Waals surface area (Å²) in [6.45, 7) is 10.4. The van der Waals surface area contributed by atoms with Crippen molar-refractivity contribution in [3.63, 3.8) is 0 Å². The molecule has 0 aliphatic carbocycles. The van der Waals surface area contributed by atoms with Crippen LogP contribution in [0.5, 0.6) is 0 Å². The summed E-state index contributed by atoms with van der Waals surface area (Å²) in [5, 5.41) is 21.0. The van der Waals surface area contributed by atoms with Crippen molar-refractivity contribution >= 4 is 59.9 Å². The van der Waals surface area contributed by atoms with Crippen LogP contribution >= 0.6 is 11.3 Å². The van der Waals surface area contributed by atoms with Gasteiger partial charge in [0.15, 0.2) is 0 Å². The molecular formula is C36H44N6O8SSi. The van der Waals surface area contributed by atoms with E-state index in [4.69, 9.17) is 13.9 Å². The second-order valence-corrected chi connectivity index (χ2v) is 18.9. The molecular weight excluding hydrogens is 705 g/mol. The van der Waals surface area contributed by atoms with Crippen LogP contribution in [0.2, 0.25) is 5.04 Å². The molecule has 16 heteroatoms. The molecule has 0 fully saturated rings. The van der Waals surface area contributed by atoms with Crippen molar-refractivity contribution in [3.8, 4) is 10.6 Å². The van der Waals surface area contributed by atoms with Gasteiger partial charge in [0.2, 0.25) is 11.9 Å². The zero-order valence-electron chi connectivity index (χ0n) is 30.1. The van der Waals surface area contributed by atoms with Crippen LogP contribution in [0.15, 0.2) is 78.4 Å². The van der Waals surface area contributed by atoms with Gasteiger partial charge in [-0.2, -0.15) is 0 Å². The topological polar surface area (TPSA) is 191 Å². The zero-order valence-corrected chi connectivity index (χ0v) is 31.9. The van der Waals surface area contributed by atoms with E-state index in [-0.39, 0.29) is 18.2 Å². The highest BCUT2D eigenvalue weighted by Gasteiger charge is 2.50. The maximum atomic E-state index is 13.4. The van der Waals surface area contributed by atoms with Crippen LogP contribution in [0.1, 0.15) is 52.0 Å². The lowest BCUT2D eigenvalue weighted by Crippen LogP contribution is -2.68. The van der Waals surface area contributed by atoms with E-state index in [9.17, 15) is 24.3 Å². The highest BCUT2D eigenvalue weighted by molar-refractivity contribution is 7.13. The van der Waals surface area contributed by atoms with E-state index in [0.29, 0.717) is 10.6 Å². The van der Waals surface area contributed by atoms with E-state index in [2.05, 4.69) is 51.7 Å². The SMILES string of the molecule is COC(=O)[C@H](CO[Si](c1ccccc1)(c1ccccc1)C(C)(C)C)NC(=O)[C@H](CO)NC(=O)c1csc(-c2cnc(NC(=O)OC(C)(C)C)nc2)n1. The summed E-state index contributed by atoms with van der Waals surface area (Å²) in [6, 6.07) is 16.9. The number of rotatable bonds is 13. The van der Waals surface area contributed by atoms with E-state index >= 15 is 0 Å². The number of amides is 3. The van der Waals surface area contributed by atoms with Gasteiger partial charge in [0, 0.05) is 23.3 Å². The second kappa shape index (κ2) is 17.0. The van der Waals surface area contributed by atoms with Gasteiger partial charge in [-0.3, -0.25) is 14.9 Å². The molecule has 2 heterocycles. The molecule has 4 aromatic rings. The number of esters is 1. The molecule has 0 aliphatic heterocycles. The van der Waals surface area contributed by atoms with Crippen molar-refractivity contribution in [3.05, 3.63) is 84.1 Å². The van der Waals surface area contributed by atoms with Crippen LogP contribution < -0.4 is 26.3 Å². The number of methoxy groups -OCH3 is 1. The first-order valence-electron chi connectivity index (χ1n) is 16.4. The van der Waals surface area contributed by atoms with Crippen molar-refractivity contribution in [2.24, 2.45) is 0 Å². The van der Waals surface area contributed by atoms with Gasteiger partial charge in [0.25, 0.3) is 14.2 Å². The predicted molar refractivity (Wildman–Crippen MR) is 199 cm³/mol. The Balaban J connectivity index is 1.47. The molecule has 0 unspecified atom stereocenters. The van der Waals surface area contributed by atoms with Gasteiger partial charge in [-0.05, 0) is 36.2 Å². The van der Waals surface area contributed by atoms with Gasteiger partial charge in [0.05, 0.1) is 20.3 Å². The van der Waals surface area contributed by atoms with E-state index in [1.165, 1.54) is 24.9 Å². The Hall–Kier alpha value is -5.03. The number of hydrogen-bond acceptors (Lipinski definition) is 12. The summed E-state index contributed by atoms with van der Waals surface area (Å²) >= 11 is 1.13. The van der Waals surface area contributed by atoms with Crippen molar-refractivity contribution in [2.75, 3.05) is 25.6 Å². The van der Waals surface area contributed by atoms with Crippen LogP contribution in [0.3, 0.4) is 0 Å². The number of benzene rings is 2. The van der Waals surface area contributed by atoms with Crippen molar-refractivity contribution in [2.45, 2.75) is 64.3 Å². The molecule has 3 amide bonds. The Bertz CT molecular complexity index is 1790. The number of anilines is 1. The Morgan fingerprint density at radius 3 is 1.94 bits per heavy atom. The number of ether oxygens (including phenoxy) is 2. The maximum Gasteiger partial charge on any atom is 0.414 e. The summed E-state index contributed by atoms with van der Waals surface area (Å²) in [5.41, 5.74) is -0.250. The summed E-state index contributed by atoms with van der Waals surface area (Å²) in [6.07, 6.45) is 2.14. The molecule has 4 rings (SSSR count). The van der Waals surface area contributed by atoms with Gasteiger partial charge in [0.1, 0.15) is 28.4 Å². The molecule has 14 nitrogen and oxygen atoms in total. The number of aliphatic hydroxyl groups is 1. The van der Waals surface area contributed by atoms with E-state index < -0.39 is 61.5 Å². The number of aromatic nitrogens is 3. The normalized spacial score (nSPS) is 13.0. The number of aliphatic hydroxyl groups excluding tert-OH is 1. The Labute approximate surface area is 307 Å². The third-order valence-electron chi connectivity index (χ3n) is 7.74. The highest BCUT2D eigenvalue weighted by atomic mass is 32.1. The predicted octanol–water partition coefficient (Wildman–Crippen LogP) is 3.27. The van der Waals surface area contributed by atoms with Gasteiger partial charge in [-0.1, -0.05) is 81.4 Å². The third kappa shape index (κ3) is 9.84. The minimum atomic E-state index is -3.09. The monoisotopic (exact) mass is 748 g/mol. The lowest BCUT2D eigenvalue weighted by molar-refractivity contribution is -0.146. The standard InChI is InChI=1S/C36H44N6O8SSi/c1-35(2,3)50-34(47)42-33-37-18-23(19-38-33)31-41-28(22-51-31)30(45)39-26(20-43)29(44)40-27(32(46)48-7)21-49-52(36(4,5)6,24-14-10-8-11-15-24)25-16-12-9-13-17-25/h8-19,22,26-27,43H,20-21H2,1-7H3,(H,39,45)(H,40,44)(H,37,38,42,47)/t26-,27-/m0/s1. The number of hydrogen-bond donors (Lipinski definition) is 4. The molecule has 2 aromatic carbocycles. The average Bonchev–Trinajstić information content (AvgIpc) is 3.60. The first-order chi connectivity index (χ1) is 24.6. The third-order valence-corrected chi connectivity index (χ3v) is 13.6. The van der Waals surface area contributed by atoms with Gasteiger partial charge < -0.3 is 29.6 Å². The number of carbonyl (C=O) groups is 4. The van der Waals surface area contributed by atoms with Crippen molar-refractivity contribution in [1.29, 1.82) is 0 Å². The summed E-state index contributed by atoms with van der Waals surface area (Å²) in [7, 11) is -1.89. The fourth-order valence-electron chi connectivity index (χ4n) is 5.39. The Morgan fingerprint density at radius 2 is 1.44 bits per heavy atom. The Morgan fingerprint density at radius 1 is 0.865 bits per heavy atom. The van der Waals surface area contributed by atoms with Crippen LogP contribution in [0, 0.1) is 0 Å². The van der Waals surface area contributed by atoms with E-state index in [1.807, 2.05) is 60.7 Å².